The van der Waals surface area contributed by atoms with Crippen molar-refractivity contribution in [3.63, 3.8) is 0 Å². The van der Waals surface area contributed by atoms with Crippen molar-refractivity contribution in [3.05, 3.63) is 70.9 Å². The van der Waals surface area contributed by atoms with Gasteiger partial charge in [0.05, 0.1) is 16.0 Å². The zero-order chi connectivity index (χ0) is 24.1. The van der Waals surface area contributed by atoms with Crippen molar-refractivity contribution in [1.29, 1.82) is 0 Å². The van der Waals surface area contributed by atoms with Crippen LogP contribution in [0.4, 0.5) is 0 Å². The van der Waals surface area contributed by atoms with E-state index in [2.05, 4.69) is 0 Å². The number of allylic oxidation sites excluding steroid dienone is 1. The van der Waals surface area contributed by atoms with Crippen LogP contribution in [0, 0.1) is 0 Å². The van der Waals surface area contributed by atoms with Crippen LogP contribution < -0.4 is 0 Å². The molecule has 2 aromatic carbocycles. The number of ether oxygens (including phenoxy) is 1. The van der Waals surface area contributed by atoms with Gasteiger partial charge < -0.3 is 4.74 Å². The number of carbonyl (C=O) groups excluding carboxylic acids is 4. The molecule has 4 rings (SSSR count). The fourth-order valence-electron chi connectivity index (χ4n) is 3.95. The SMILES string of the molecule is CC(=O)C1=C(OC(=O)CN2C(=O)c3ccccc3C2=O)c2ccccc2S(=O)(=O)N1C(C)C. The Labute approximate surface area is 190 Å². The first kappa shape index (κ1) is 22.4. The molecule has 0 aromatic heterocycles. The van der Waals surface area contributed by atoms with Gasteiger partial charge in [-0.15, -0.1) is 0 Å². The smallest absolute Gasteiger partial charge is 0.331 e. The number of ketones is 1. The number of rotatable bonds is 5. The molecule has 0 bridgehead atoms. The van der Waals surface area contributed by atoms with E-state index in [1.165, 1.54) is 37.3 Å². The number of hydrogen-bond donors (Lipinski definition) is 0. The molecule has 0 N–H and O–H groups in total. The summed E-state index contributed by atoms with van der Waals surface area (Å²) in [5, 5.41) is 0. The van der Waals surface area contributed by atoms with Crippen LogP contribution in [-0.4, -0.2) is 53.8 Å². The monoisotopic (exact) mass is 468 g/mol. The molecule has 0 fully saturated rings. The lowest BCUT2D eigenvalue weighted by Gasteiger charge is -2.35. The Kier molecular flexibility index (Phi) is 5.41. The van der Waals surface area contributed by atoms with Gasteiger partial charge in [-0.05, 0) is 38.1 Å². The Morgan fingerprint density at radius 1 is 0.909 bits per heavy atom. The van der Waals surface area contributed by atoms with Gasteiger partial charge in [0, 0.05) is 18.5 Å². The highest BCUT2D eigenvalue weighted by molar-refractivity contribution is 7.89. The number of hydrogen-bond acceptors (Lipinski definition) is 7. The first-order valence-electron chi connectivity index (χ1n) is 10.1. The largest absolute Gasteiger partial charge is 0.422 e. The summed E-state index contributed by atoms with van der Waals surface area (Å²) >= 11 is 0. The van der Waals surface area contributed by atoms with Crippen LogP contribution in [0.2, 0.25) is 0 Å². The molecular weight excluding hydrogens is 448 g/mol. The van der Waals surface area contributed by atoms with Crippen LogP contribution in [-0.2, 0) is 24.3 Å². The molecule has 2 aromatic rings. The summed E-state index contributed by atoms with van der Waals surface area (Å²) in [7, 11) is -4.08. The minimum Gasteiger partial charge on any atom is -0.422 e. The molecule has 0 spiro atoms. The number of amides is 2. The van der Waals surface area contributed by atoms with Crippen molar-refractivity contribution in [2.75, 3.05) is 6.54 Å². The Morgan fingerprint density at radius 2 is 1.42 bits per heavy atom. The van der Waals surface area contributed by atoms with E-state index >= 15 is 0 Å². The highest BCUT2D eigenvalue weighted by Gasteiger charge is 2.42. The average Bonchev–Trinajstić information content (AvgIpc) is 3.00. The third kappa shape index (κ3) is 3.52. The van der Waals surface area contributed by atoms with Crippen LogP contribution in [0.1, 0.15) is 47.1 Å². The summed E-state index contributed by atoms with van der Waals surface area (Å²) in [6, 6.07) is 11.4. The van der Waals surface area contributed by atoms with Gasteiger partial charge in [0.15, 0.2) is 11.5 Å². The third-order valence-corrected chi connectivity index (χ3v) is 7.32. The molecule has 0 unspecified atom stereocenters. The lowest BCUT2D eigenvalue weighted by Crippen LogP contribution is -2.42. The Bertz CT molecular complexity index is 1320. The molecule has 0 saturated carbocycles. The number of esters is 1. The van der Waals surface area contributed by atoms with Crippen LogP contribution in [0.25, 0.3) is 5.76 Å². The molecule has 2 heterocycles. The number of fused-ring (bicyclic) bond motifs is 2. The van der Waals surface area contributed by atoms with Crippen LogP contribution in [0.3, 0.4) is 0 Å². The summed E-state index contributed by atoms with van der Waals surface area (Å²) in [5.41, 5.74) is 0.118. The number of imide groups is 1. The van der Waals surface area contributed by atoms with Gasteiger partial charge in [0.25, 0.3) is 21.8 Å². The van der Waals surface area contributed by atoms with Gasteiger partial charge in [-0.3, -0.25) is 23.6 Å². The first-order valence-corrected chi connectivity index (χ1v) is 11.5. The first-order chi connectivity index (χ1) is 15.6. The zero-order valence-corrected chi connectivity index (χ0v) is 18.9. The van der Waals surface area contributed by atoms with Crippen molar-refractivity contribution in [2.24, 2.45) is 0 Å². The summed E-state index contributed by atoms with van der Waals surface area (Å²) in [4.78, 5) is 51.2. The highest BCUT2D eigenvalue weighted by atomic mass is 32.2. The summed E-state index contributed by atoms with van der Waals surface area (Å²) < 4.78 is 32.8. The van der Waals surface area contributed by atoms with Gasteiger partial charge in [-0.2, -0.15) is 0 Å². The van der Waals surface area contributed by atoms with Crippen molar-refractivity contribution in [1.82, 2.24) is 9.21 Å². The van der Waals surface area contributed by atoms with Gasteiger partial charge in [-0.25, -0.2) is 13.2 Å². The second-order valence-electron chi connectivity index (χ2n) is 7.84. The number of sulfonamides is 1. The number of Topliss-reactive ketones (excluding diaryl/α,β-unsaturated/α-hetero) is 1. The van der Waals surface area contributed by atoms with Crippen LogP contribution >= 0.6 is 0 Å². The molecule has 33 heavy (non-hydrogen) atoms. The summed E-state index contributed by atoms with van der Waals surface area (Å²) in [6.45, 7) is 3.66. The van der Waals surface area contributed by atoms with Crippen molar-refractivity contribution < 1.29 is 32.3 Å². The van der Waals surface area contributed by atoms with E-state index in [9.17, 15) is 27.6 Å². The van der Waals surface area contributed by atoms with Crippen LogP contribution in [0.5, 0.6) is 0 Å². The predicted octanol–water partition coefficient (Wildman–Crippen LogP) is 2.20. The number of nitrogens with zero attached hydrogens (tertiary/aromatic N) is 2. The lowest BCUT2D eigenvalue weighted by atomic mass is 10.1. The minimum absolute atomic E-state index is 0.0512. The maximum absolute atomic E-state index is 13.2. The fourth-order valence-corrected chi connectivity index (χ4v) is 5.85. The molecule has 9 nitrogen and oxygen atoms in total. The van der Waals surface area contributed by atoms with Gasteiger partial charge in [-0.1, -0.05) is 24.3 Å². The average molecular weight is 468 g/mol. The van der Waals surface area contributed by atoms with Gasteiger partial charge in [0.2, 0.25) is 0 Å². The maximum atomic E-state index is 13.2. The molecule has 2 aliphatic heterocycles. The molecule has 0 atom stereocenters. The molecule has 2 aliphatic rings. The Hall–Kier alpha value is -3.79. The number of benzene rings is 2. The van der Waals surface area contributed by atoms with Crippen LogP contribution in [0.15, 0.2) is 59.1 Å². The second kappa shape index (κ2) is 7.96. The van der Waals surface area contributed by atoms with E-state index < -0.39 is 46.2 Å². The lowest BCUT2D eigenvalue weighted by molar-refractivity contribution is -0.137. The molecular formula is C23H20N2O7S. The van der Waals surface area contributed by atoms with E-state index in [0.717, 1.165) is 9.21 Å². The molecule has 0 aliphatic carbocycles. The zero-order valence-electron chi connectivity index (χ0n) is 18.1. The molecule has 170 valence electrons. The quantitative estimate of drug-likeness (QED) is 0.488. The molecule has 0 saturated heterocycles. The second-order valence-corrected chi connectivity index (χ2v) is 9.62. The van der Waals surface area contributed by atoms with E-state index in [1.54, 1.807) is 32.0 Å². The fraction of sp³-hybridized carbons (Fsp3) is 0.217. The summed E-state index contributed by atoms with van der Waals surface area (Å²) in [6.07, 6.45) is 0. The molecule has 0 radical (unpaired) electrons. The Morgan fingerprint density at radius 3 is 1.94 bits per heavy atom. The third-order valence-electron chi connectivity index (χ3n) is 5.29. The molecule has 10 heteroatoms. The number of carbonyl (C=O) groups is 4. The van der Waals surface area contributed by atoms with Crippen molar-refractivity contribution in [3.8, 4) is 0 Å². The van der Waals surface area contributed by atoms with Gasteiger partial charge in [0.1, 0.15) is 12.2 Å². The van der Waals surface area contributed by atoms with E-state index in [4.69, 9.17) is 4.74 Å². The van der Waals surface area contributed by atoms with E-state index in [1.807, 2.05) is 0 Å². The maximum Gasteiger partial charge on any atom is 0.331 e. The van der Waals surface area contributed by atoms with Gasteiger partial charge >= 0.3 is 5.97 Å². The predicted molar refractivity (Wildman–Crippen MR) is 116 cm³/mol. The van der Waals surface area contributed by atoms with E-state index in [-0.39, 0.29) is 33.0 Å². The Balaban J connectivity index is 1.73. The van der Waals surface area contributed by atoms with E-state index in [0.29, 0.717) is 0 Å². The standard InChI is InChI=1S/C23H20N2O7S/c1-13(2)25-20(14(3)26)21(17-10-6-7-11-18(17)33(25,30)31)32-19(27)12-24-22(28)15-8-4-5-9-16(15)23(24)29/h4-11,13H,12H2,1-3H3. The summed E-state index contributed by atoms with van der Waals surface area (Å²) in [5.74, 6) is -3.11. The topological polar surface area (TPSA) is 118 Å². The molecule has 2 amide bonds. The normalized spacial score (nSPS) is 16.7. The minimum atomic E-state index is -4.08. The van der Waals surface area contributed by atoms with Crippen molar-refractivity contribution in [2.45, 2.75) is 31.7 Å². The highest BCUT2D eigenvalue weighted by Crippen LogP contribution is 2.39. The van der Waals surface area contributed by atoms with Crippen molar-refractivity contribution >= 4 is 39.3 Å².